The Bertz CT molecular complexity index is 1270. The van der Waals surface area contributed by atoms with E-state index in [0.717, 1.165) is 45.3 Å². The molecule has 2 heterocycles. The summed E-state index contributed by atoms with van der Waals surface area (Å²) in [5, 5.41) is 7.51. The summed E-state index contributed by atoms with van der Waals surface area (Å²) >= 11 is 0. The maximum Gasteiger partial charge on any atom is 0.118 e. The fourth-order valence-corrected chi connectivity index (χ4v) is 5.52. The quantitative estimate of drug-likeness (QED) is 0.409. The first-order chi connectivity index (χ1) is 18.0. The van der Waals surface area contributed by atoms with Crippen LogP contribution in [0.5, 0.6) is 0 Å². The molecule has 192 valence electrons. The fourth-order valence-electron chi connectivity index (χ4n) is 5.52. The van der Waals surface area contributed by atoms with Gasteiger partial charge in [0, 0.05) is 17.5 Å². The zero-order chi connectivity index (χ0) is 26.2. The Morgan fingerprint density at radius 3 is 2.59 bits per heavy atom. The maximum atomic E-state index is 4.66. The molecule has 0 aromatic carbocycles. The Balaban J connectivity index is 1.53. The van der Waals surface area contributed by atoms with Gasteiger partial charge in [-0.3, -0.25) is 10.1 Å². The van der Waals surface area contributed by atoms with Crippen molar-refractivity contribution >= 4 is 5.57 Å². The van der Waals surface area contributed by atoms with Crippen molar-refractivity contribution in [3.63, 3.8) is 0 Å². The molecule has 0 unspecified atom stereocenters. The van der Waals surface area contributed by atoms with Gasteiger partial charge in [0.2, 0.25) is 0 Å². The van der Waals surface area contributed by atoms with Crippen LogP contribution in [0.15, 0.2) is 102 Å². The molecule has 0 bridgehead atoms. The number of hydrogen-bond donors (Lipinski definition) is 1. The summed E-state index contributed by atoms with van der Waals surface area (Å²) in [5.74, 6) is 1.49. The van der Waals surface area contributed by atoms with Crippen LogP contribution in [-0.4, -0.2) is 15.2 Å². The van der Waals surface area contributed by atoms with Gasteiger partial charge < -0.3 is 0 Å². The Kier molecular flexibility index (Phi) is 9.11. The molecule has 0 atom stereocenters. The van der Waals surface area contributed by atoms with E-state index in [-0.39, 0.29) is 0 Å². The summed E-state index contributed by atoms with van der Waals surface area (Å²) in [7, 11) is 0. The number of nitrogens with one attached hydrogen (secondary N) is 1. The van der Waals surface area contributed by atoms with Gasteiger partial charge in [0.1, 0.15) is 5.69 Å². The minimum Gasteiger partial charge on any atom is -0.284 e. The number of allylic oxidation sites excluding steroid dienone is 12. The second-order valence-electron chi connectivity index (χ2n) is 10.4. The summed E-state index contributed by atoms with van der Waals surface area (Å²) in [6.45, 7) is 15.4. The number of hydrogen-bond acceptors (Lipinski definition) is 2. The summed E-state index contributed by atoms with van der Waals surface area (Å²) in [4.78, 5) is 4.66. The smallest absolute Gasteiger partial charge is 0.118 e. The highest BCUT2D eigenvalue weighted by Gasteiger charge is 2.20. The third-order valence-corrected chi connectivity index (χ3v) is 7.86. The lowest BCUT2D eigenvalue weighted by atomic mass is 9.79. The molecule has 2 aliphatic carbocycles. The highest BCUT2D eigenvalue weighted by atomic mass is 15.1. The van der Waals surface area contributed by atoms with E-state index in [1.807, 2.05) is 31.3 Å². The molecule has 1 fully saturated rings. The molecule has 2 aliphatic rings. The molecule has 3 heteroatoms. The molecule has 1 N–H and O–H groups in total. The fraction of sp³-hybridized carbons (Fsp3) is 0.353. The molecule has 0 aliphatic heterocycles. The zero-order valence-corrected chi connectivity index (χ0v) is 22.8. The lowest BCUT2D eigenvalue weighted by molar-refractivity contribution is 0.334. The summed E-state index contributed by atoms with van der Waals surface area (Å²) in [6.07, 6.45) is 26.2. The molecule has 2 aromatic heterocycles. The topological polar surface area (TPSA) is 41.6 Å². The maximum absolute atomic E-state index is 4.66. The number of H-pyrrole nitrogens is 1. The molecule has 37 heavy (non-hydrogen) atoms. The number of aryl methyl sites for hydroxylation is 1. The van der Waals surface area contributed by atoms with Crippen molar-refractivity contribution in [1.29, 1.82) is 0 Å². The predicted octanol–water partition coefficient (Wildman–Crippen LogP) is 9.27. The van der Waals surface area contributed by atoms with Gasteiger partial charge in [0.25, 0.3) is 0 Å². The predicted molar refractivity (Wildman–Crippen MR) is 158 cm³/mol. The molecular weight excluding hydrogens is 450 g/mol. The van der Waals surface area contributed by atoms with Crippen molar-refractivity contribution in [2.45, 2.75) is 65.7 Å². The standard InChI is InChI=1S/C34H41N3/c1-6-27-13-9-15-29(16-10-14-27)26(5)28(7-2)22-31-18-11-17-30(21-20-24(31)3)32-23-35-37-34(32)33-19-8-12-25(4)36-33/h7-8,11-12,17-23,27,29H,3,5-6,9-10,13-16H2,1-2,4H3,(H,35,37)/b18-11+,21-20-,28-7+,30-17-,31-22-. The Labute approximate surface area is 223 Å². The van der Waals surface area contributed by atoms with E-state index in [0.29, 0.717) is 5.92 Å². The number of rotatable bonds is 6. The first-order valence-corrected chi connectivity index (χ1v) is 13.8. The zero-order valence-electron chi connectivity index (χ0n) is 22.8. The average Bonchev–Trinajstić information content (AvgIpc) is 3.36. The molecule has 2 aromatic rings. The van der Waals surface area contributed by atoms with Crippen LogP contribution in [0.3, 0.4) is 0 Å². The van der Waals surface area contributed by atoms with E-state index >= 15 is 0 Å². The van der Waals surface area contributed by atoms with Gasteiger partial charge in [-0.2, -0.15) is 5.10 Å². The van der Waals surface area contributed by atoms with Crippen molar-refractivity contribution in [1.82, 2.24) is 15.2 Å². The van der Waals surface area contributed by atoms with Gasteiger partial charge in [-0.05, 0) is 84.6 Å². The highest BCUT2D eigenvalue weighted by Crippen LogP contribution is 2.35. The van der Waals surface area contributed by atoms with Crippen LogP contribution in [0, 0.1) is 18.8 Å². The summed E-state index contributed by atoms with van der Waals surface area (Å²) in [5.41, 5.74) is 9.40. The average molecular weight is 492 g/mol. The normalized spacial score (nSPS) is 25.4. The van der Waals surface area contributed by atoms with Crippen molar-refractivity contribution < 1.29 is 0 Å². The number of pyridine rings is 1. The molecule has 0 amide bonds. The monoisotopic (exact) mass is 491 g/mol. The van der Waals surface area contributed by atoms with Crippen LogP contribution < -0.4 is 0 Å². The lowest BCUT2D eigenvalue weighted by Gasteiger charge is -2.26. The van der Waals surface area contributed by atoms with Crippen LogP contribution in [0.1, 0.15) is 70.1 Å². The van der Waals surface area contributed by atoms with Crippen molar-refractivity contribution in [3.05, 3.63) is 114 Å². The minimum atomic E-state index is 0.573. The van der Waals surface area contributed by atoms with Crippen LogP contribution in [0.2, 0.25) is 0 Å². The van der Waals surface area contributed by atoms with Gasteiger partial charge in [0.15, 0.2) is 0 Å². The molecule has 0 spiro atoms. The van der Waals surface area contributed by atoms with Crippen LogP contribution in [-0.2, 0) is 0 Å². The lowest BCUT2D eigenvalue weighted by Crippen LogP contribution is -2.11. The Morgan fingerprint density at radius 2 is 1.89 bits per heavy atom. The third-order valence-electron chi connectivity index (χ3n) is 7.86. The van der Waals surface area contributed by atoms with Crippen LogP contribution >= 0.6 is 0 Å². The van der Waals surface area contributed by atoms with Gasteiger partial charge in [-0.25, -0.2) is 0 Å². The van der Waals surface area contributed by atoms with Crippen molar-refractivity contribution in [3.8, 4) is 11.4 Å². The molecule has 0 radical (unpaired) electrons. The Morgan fingerprint density at radius 1 is 1.11 bits per heavy atom. The Hall–Kier alpha value is -3.46. The van der Waals surface area contributed by atoms with Gasteiger partial charge in [-0.15, -0.1) is 0 Å². The largest absolute Gasteiger partial charge is 0.284 e. The number of aromatic amines is 1. The molecular formula is C34H41N3. The first-order valence-electron chi connectivity index (χ1n) is 13.8. The molecule has 1 saturated carbocycles. The van der Waals surface area contributed by atoms with E-state index in [4.69, 9.17) is 0 Å². The SMILES string of the molecule is C=C1\C=C/C(c2c[nH]nc2-c2cccc(C)n2)=C/C=C/C1=C/C(=C\C)C(=C)C1CCCC(CC)CCC1. The highest BCUT2D eigenvalue weighted by molar-refractivity contribution is 5.84. The summed E-state index contributed by atoms with van der Waals surface area (Å²) < 4.78 is 0. The van der Waals surface area contributed by atoms with Crippen LogP contribution in [0.4, 0.5) is 0 Å². The van der Waals surface area contributed by atoms with E-state index in [1.165, 1.54) is 56.1 Å². The van der Waals surface area contributed by atoms with Crippen LogP contribution in [0.25, 0.3) is 17.0 Å². The first kappa shape index (κ1) is 26.6. The second kappa shape index (κ2) is 12.7. The number of aromatic nitrogens is 3. The van der Waals surface area contributed by atoms with Gasteiger partial charge in [0.05, 0.1) is 5.69 Å². The van der Waals surface area contributed by atoms with Gasteiger partial charge >= 0.3 is 0 Å². The molecule has 0 saturated heterocycles. The van der Waals surface area contributed by atoms with E-state index in [1.54, 1.807) is 0 Å². The van der Waals surface area contributed by atoms with E-state index < -0.39 is 0 Å². The minimum absolute atomic E-state index is 0.573. The molecule has 4 rings (SSSR count). The van der Waals surface area contributed by atoms with Gasteiger partial charge in [-0.1, -0.05) is 94.7 Å². The van der Waals surface area contributed by atoms with Crippen molar-refractivity contribution in [2.75, 3.05) is 0 Å². The van der Waals surface area contributed by atoms with Crippen molar-refractivity contribution in [2.24, 2.45) is 11.8 Å². The third kappa shape index (κ3) is 6.65. The number of nitrogens with zero attached hydrogens (tertiary/aromatic N) is 2. The summed E-state index contributed by atoms with van der Waals surface area (Å²) in [6, 6.07) is 6.01. The second-order valence-corrected chi connectivity index (χ2v) is 10.4. The van der Waals surface area contributed by atoms with E-state index in [9.17, 15) is 0 Å². The van der Waals surface area contributed by atoms with E-state index in [2.05, 4.69) is 84.7 Å². The molecule has 3 nitrogen and oxygen atoms in total.